The summed E-state index contributed by atoms with van der Waals surface area (Å²) in [5.74, 6) is -1.10. The quantitative estimate of drug-likeness (QED) is 0.0188. The molecule has 3 aromatic heterocycles. The lowest BCUT2D eigenvalue weighted by Gasteiger charge is -2.16. The number of allylic oxidation sites excluding steroid dienone is 8. The predicted octanol–water partition coefficient (Wildman–Crippen LogP) is 10.2. The summed E-state index contributed by atoms with van der Waals surface area (Å²) >= 11 is 0. The maximum absolute atomic E-state index is 14.7. The van der Waals surface area contributed by atoms with Crippen LogP contribution in [-0.2, 0) is 50.1 Å². The van der Waals surface area contributed by atoms with Crippen molar-refractivity contribution in [2.24, 2.45) is 50.1 Å². The molecular weight excluding hydrogens is 1050 g/mol. The average molecular weight is 1140 g/mol. The third-order valence-corrected chi connectivity index (χ3v) is 16.8. The largest absolute Gasteiger partial charge is 0.510 e. The Balaban J connectivity index is 1.13. The zero-order valence-electron chi connectivity index (χ0n) is 51.2. The van der Waals surface area contributed by atoms with Gasteiger partial charge in [0.15, 0.2) is 37.9 Å². The van der Waals surface area contributed by atoms with Gasteiger partial charge in [0.1, 0.15) is 31.5 Å². The van der Waals surface area contributed by atoms with Gasteiger partial charge in [-0.2, -0.15) is 0 Å². The predicted molar refractivity (Wildman–Crippen MR) is 332 cm³/mol. The second-order valence-corrected chi connectivity index (χ2v) is 23.7. The molecule has 0 amide bonds. The number of ether oxygens (including phenoxy) is 3. The van der Waals surface area contributed by atoms with Crippen molar-refractivity contribution in [3.05, 3.63) is 174 Å². The number of H-pyrrole nitrogens is 1. The number of nitrogens with two attached hydrogens (primary N) is 2. The molecule has 0 fully saturated rings. The molecule has 8 rings (SSSR count). The molecule has 444 valence electrons. The SMILES string of the molecule is CCC1=C(C)C2=NC1=CC1=C(C)C3=C(O)C(C(=O)OCc4cc[n+](CCN)cc4)C(=C4N=C(C=c5[nH]c(c(C(=O)OCc6cc[n+](CCN)cc6)c5C)=C2)C(C)=C4/C=C/C(=O)OC/C=C(\C)CCCC(C)CCCC(C)CCCC(C)C)C3=N1. The molecule has 7 heterocycles. The summed E-state index contributed by atoms with van der Waals surface area (Å²) in [6, 6.07) is 7.53. The van der Waals surface area contributed by atoms with Gasteiger partial charge in [0.25, 0.3) is 0 Å². The molecule has 3 unspecified atom stereocenters. The molecule has 4 aliphatic heterocycles. The van der Waals surface area contributed by atoms with Gasteiger partial charge in [0.05, 0.1) is 58.2 Å². The number of nitrogens with one attached hydrogen (secondary N) is 1. The highest BCUT2D eigenvalue weighted by Crippen LogP contribution is 2.47. The first-order chi connectivity index (χ1) is 40.4. The summed E-state index contributed by atoms with van der Waals surface area (Å²) in [6.07, 6.45) is 29.8. The van der Waals surface area contributed by atoms with Gasteiger partial charge >= 0.3 is 17.9 Å². The Morgan fingerprint density at radius 2 is 1.33 bits per heavy atom. The minimum atomic E-state index is -1.33. The number of hydrogen-bond donors (Lipinski definition) is 4. The Morgan fingerprint density at radius 3 is 1.95 bits per heavy atom. The van der Waals surface area contributed by atoms with E-state index in [1.807, 2.05) is 110 Å². The first kappa shape index (κ1) is 62.4. The summed E-state index contributed by atoms with van der Waals surface area (Å²) in [5.41, 5.74) is 22.8. The summed E-state index contributed by atoms with van der Waals surface area (Å²) < 4.78 is 21.8. The van der Waals surface area contributed by atoms with Crippen LogP contribution in [0.5, 0.6) is 0 Å². The fraction of sp³-hybridized carbons (Fsp3) is 0.449. The Kier molecular flexibility index (Phi) is 21.4. The van der Waals surface area contributed by atoms with Crippen molar-refractivity contribution in [2.45, 2.75) is 160 Å². The number of aliphatic imine (C=N–C) groups is 3. The molecule has 0 saturated heterocycles. The first-order valence-corrected chi connectivity index (χ1v) is 30.3. The number of aromatic amines is 1. The Morgan fingerprint density at radius 1 is 0.738 bits per heavy atom. The van der Waals surface area contributed by atoms with Gasteiger partial charge in [0.2, 0.25) is 0 Å². The standard InChI is InChI=1S/C69H86N8O7/c1-11-52-46(7)54-39-59-61(68(80)83-40-50-23-30-76(31-24-50)34-28-70)48(9)56(73-59)37-55-47(8)53(21-22-60(78)82-36-27-45(6)20-14-19-44(5)18-13-17-43(4)16-12-15-42(2)3)65(74-55)63-64(69(81)84-41-51-25-32-77(33-26-51)35-29-71)67(79)62-49(10)57(75-66(62)63)38-58(52)72-54/h21-27,30-33,37-39,42-44,64H,11-20,28-29,34-36,40-41,70-71H2,1-10H3/p+2/b45-27+,54-39?,55-37?,56-37?,57-38?,58-38?,59-39?,65-63?. The number of rotatable bonds is 27. The molecule has 84 heavy (non-hydrogen) atoms. The average Bonchev–Trinajstić information content (AvgIpc) is 1.65. The number of esters is 3. The van der Waals surface area contributed by atoms with Gasteiger partial charge in [-0.25, -0.2) is 33.7 Å². The first-order valence-electron chi connectivity index (χ1n) is 30.3. The van der Waals surface area contributed by atoms with E-state index in [1.165, 1.54) is 50.2 Å². The molecule has 15 nitrogen and oxygen atoms in total. The lowest BCUT2D eigenvalue weighted by atomic mass is 9.91. The van der Waals surface area contributed by atoms with Crippen LogP contribution in [0.2, 0.25) is 0 Å². The van der Waals surface area contributed by atoms with Crippen molar-refractivity contribution in [1.82, 2.24) is 4.98 Å². The van der Waals surface area contributed by atoms with E-state index in [0.29, 0.717) is 122 Å². The fourth-order valence-electron chi connectivity index (χ4n) is 11.6. The van der Waals surface area contributed by atoms with E-state index in [1.54, 1.807) is 6.08 Å². The number of nitrogens with zero attached hydrogens (tertiary/aromatic N) is 5. The van der Waals surface area contributed by atoms with Crippen LogP contribution in [0.15, 0.2) is 156 Å². The molecule has 6 N–H and O–H groups in total. The lowest BCUT2D eigenvalue weighted by molar-refractivity contribution is -0.694. The Labute approximate surface area is 496 Å². The zero-order chi connectivity index (χ0) is 60.2. The molecular formula is C69H88N8O7+2. The number of aromatic nitrogens is 3. The van der Waals surface area contributed by atoms with Crippen LogP contribution in [0.25, 0.3) is 12.2 Å². The molecule has 3 aromatic rings. The molecule has 0 aromatic carbocycles. The molecule has 8 bridgehead atoms. The Bertz CT molecular complexity index is 3500. The van der Waals surface area contributed by atoms with E-state index in [0.717, 1.165) is 53.4 Å². The molecule has 15 heteroatoms. The van der Waals surface area contributed by atoms with Gasteiger partial charge in [-0.05, 0) is 130 Å². The van der Waals surface area contributed by atoms with Crippen molar-refractivity contribution in [2.75, 3.05) is 19.7 Å². The molecule has 3 atom stereocenters. The highest BCUT2D eigenvalue weighted by molar-refractivity contribution is 6.28. The third-order valence-electron chi connectivity index (χ3n) is 16.8. The van der Waals surface area contributed by atoms with Crippen LogP contribution in [-0.4, -0.2) is 64.8 Å². The van der Waals surface area contributed by atoms with Crippen molar-refractivity contribution >= 4 is 47.2 Å². The van der Waals surface area contributed by atoms with Crippen LogP contribution in [0.1, 0.15) is 154 Å². The summed E-state index contributed by atoms with van der Waals surface area (Å²) in [6.45, 7) is 23.5. The zero-order valence-corrected chi connectivity index (χ0v) is 51.2. The lowest BCUT2D eigenvalue weighted by Crippen LogP contribution is -2.36. The minimum absolute atomic E-state index is 0.0407. The number of aliphatic hydroxyl groups is 1. The smallest absolute Gasteiger partial charge is 0.340 e. The van der Waals surface area contributed by atoms with E-state index < -0.39 is 23.8 Å². The van der Waals surface area contributed by atoms with E-state index in [4.69, 9.17) is 40.7 Å². The minimum Gasteiger partial charge on any atom is -0.510 e. The third kappa shape index (κ3) is 15.0. The van der Waals surface area contributed by atoms with E-state index in [9.17, 15) is 19.5 Å². The van der Waals surface area contributed by atoms with Gasteiger partial charge in [-0.3, -0.25) is 4.79 Å². The monoisotopic (exact) mass is 1140 g/mol. The van der Waals surface area contributed by atoms with Crippen molar-refractivity contribution < 1.29 is 42.8 Å². The number of hydrogen-bond acceptors (Lipinski definition) is 12. The molecule has 0 saturated carbocycles. The maximum Gasteiger partial charge on any atom is 0.340 e. The van der Waals surface area contributed by atoms with Crippen molar-refractivity contribution in [3.63, 3.8) is 0 Å². The molecule has 0 radical (unpaired) electrons. The number of aliphatic hydroxyl groups excluding tert-OH is 1. The fourth-order valence-corrected chi connectivity index (χ4v) is 11.6. The highest BCUT2D eigenvalue weighted by Gasteiger charge is 2.47. The van der Waals surface area contributed by atoms with E-state index in [-0.39, 0.29) is 25.6 Å². The number of carbonyl (C=O) groups is 3. The second kappa shape index (κ2) is 28.8. The molecule has 1 aliphatic carbocycles. The summed E-state index contributed by atoms with van der Waals surface area (Å²) in [5, 5.41) is 13.5. The van der Waals surface area contributed by atoms with E-state index >= 15 is 0 Å². The second-order valence-electron chi connectivity index (χ2n) is 23.7. The topological polar surface area (TPSA) is 212 Å². The number of carbonyl (C=O) groups excluding carboxylic acids is 3. The summed E-state index contributed by atoms with van der Waals surface area (Å²) in [4.78, 5) is 62.0. The Hall–Kier alpha value is -7.62. The van der Waals surface area contributed by atoms with Gasteiger partial charge in [-0.15, -0.1) is 0 Å². The van der Waals surface area contributed by atoms with Crippen LogP contribution in [0.4, 0.5) is 0 Å². The van der Waals surface area contributed by atoms with Crippen LogP contribution in [0, 0.1) is 30.6 Å². The van der Waals surface area contributed by atoms with Crippen molar-refractivity contribution in [3.8, 4) is 0 Å². The van der Waals surface area contributed by atoms with Crippen molar-refractivity contribution in [1.29, 1.82) is 0 Å². The van der Waals surface area contributed by atoms with E-state index in [2.05, 4.69) is 46.5 Å². The summed E-state index contributed by atoms with van der Waals surface area (Å²) in [7, 11) is 0. The highest BCUT2D eigenvalue weighted by atomic mass is 16.5. The van der Waals surface area contributed by atoms with Gasteiger partial charge < -0.3 is 35.8 Å². The van der Waals surface area contributed by atoms with Crippen LogP contribution in [0.3, 0.4) is 0 Å². The normalized spacial score (nSPS) is 17.5. The molecule has 5 aliphatic rings. The number of pyridine rings is 2. The van der Waals surface area contributed by atoms with Crippen LogP contribution < -0.4 is 31.3 Å². The van der Waals surface area contributed by atoms with Gasteiger partial charge in [0, 0.05) is 63.5 Å². The maximum atomic E-state index is 14.7. The van der Waals surface area contributed by atoms with Crippen LogP contribution >= 0.6 is 0 Å². The number of fused-ring (bicyclic) bond motifs is 5. The molecule has 0 spiro atoms. The van der Waals surface area contributed by atoms with Gasteiger partial charge in [-0.1, -0.05) is 85.1 Å².